The summed E-state index contributed by atoms with van der Waals surface area (Å²) in [6, 6.07) is 5.09. The Hall–Kier alpha value is -1.33. The maximum Gasteiger partial charge on any atom is 0.207 e. The second-order valence-electron chi connectivity index (χ2n) is 4.05. The van der Waals surface area contributed by atoms with Crippen molar-refractivity contribution >= 4 is 15.9 Å². The Balaban J connectivity index is 2.56. The molecule has 0 fully saturated rings. The van der Waals surface area contributed by atoms with Crippen molar-refractivity contribution in [2.45, 2.75) is 24.3 Å². The maximum absolute atomic E-state index is 12.2. The Morgan fingerprint density at radius 3 is 2.71 bits per heavy atom. The zero-order valence-electron chi connectivity index (χ0n) is 9.67. The predicted octanol–water partition coefficient (Wildman–Crippen LogP) is 1.59. The summed E-state index contributed by atoms with van der Waals surface area (Å²) in [5, 5.41) is 9.31. The molecule has 1 heterocycles. The third kappa shape index (κ3) is 1.96. The molecule has 4 nitrogen and oxygen atoms in total. The summed E-state index contributed by atoms with van der Waals surface area (Å²) in [5.41, 5.74) is 0.625. The highest BCUT2D eigenvalue weighted by Gasteiger charge is 2.33. The van der Waals surface area contributed by atoms with Crippen LogP contribution in [0.25, 0.3) is 6.08 Å². The van der Waals surface area contributed by atoms with Gasteiger partial charge in [0.1, 0.15) is 10.6 Å². The number of aliphatic hydroxyl groups excluding tert-OH is 1. The molecule has 0 saturated heterocycles. The first-order valence-electron chi connectivity index (χ1n) is 5.27. The van der Waals surface area contributed by atoms with Crippen LogP contribution in [0.5, 0.6) is 5.75 Å². The fourth-order valence-corrected chi connectivity index (χ4v) is 3.80. The van der Waals surface area contributed by atoms with Crippen LogP contribution in [0.2, 0.25) is 0 Å². The Kier molecular flexibility index (Phi) is 2.97. The van der Waals surface area contributed by atoms with Crippen LogP contribution in [0.15, 0.2) is 28.0 Å². The van der Waals surface area contributed by atoms with Crippen LogP contribution in [0, 0.1) is 0 Å². The number of sulfone groups is 1. The maximum atomic E-state index is 12.2. The minimum Gasteiger partial charge on any atom is -0.495 e. The number of methoxy groups -OCH3 is 1. The summed E-state index contributed by atoms with van der Waals surface area (Å²) in [5.74, 6) is 0.347. The summed E-state index contributed by atoms with van der Waals surface area (Å²) >= 11 is 0. The van der Waals surface area contributed by atoms with Gasteiger partial charge in [-0.15, -0.1) is 0 Å². The molecule has 2 rings (SSSR count). The van der Waals surface area contributed by atoms with Crippen LogP contribution >= 0.6 is 0 Å². The number of hydrogen-bond acceptors (Lipinski definition) is 4. The molecule has 1 aliphatic rings. The van der Waals surface area contributed by atoms with Crippen molar-refractivity contribution in [1.82, 2.24) is 0 Å². The van der Waals surface area contributed by atoms with Crippen LogP contribution < -0.4 is 4.74 Å². The van der Waals surface area contributed by atoms with Gasteiger partial charge in [0.2, 0.25) is 9.84 Å². The SMILES string of the molecule is COc1cccc2c1S(=O)(=O)C(CC(C)O)=C2. The highest BCUT2D eigenvalue weighted by atomic mass is 32.2. The van der Waals surface area contributed by atoms with E-state index in [1.165, 1.54) is 7.11 Å². The summed E-state index contributed by atoms with van der Waals surface area (Å²) < 4.78 is 29.6. The Bertz CT molecular complexity index is 570. The Morgan fingerprint density at radius 1 is 1.41 bits per heavy atom. The lowest BCUT2D eigenvalue weighted by Gasteiger charge is -2.08. The van der Waals surface area contributed by atoms with Crippen molar-refractivity contribution in [3.63, 3.8) is 0 Å². The molecule has 0 spiro atoms. The van der Waals surface area contributed by atoms with Crippen molar-refractivity contribution < 1.29 is 18.3 Å². The molecule has 17 heavy (non-hydrogen) atoms. The van der Waals surface area contributed by atoms with Gasteiger partial charge >= 0.3 is 0 Å². The number of benzene rings is 1. The van der Waals surface area contributed by atoms with Gasteiger partial charge < -0.3 is 9.84 Å². The predicted molar refractivity (Wildman–Crippen MR) is 64.5 cm³/mol. The second-order valence-corrected chi connectivity index (χ2v) is 5.99. The van der Waals surface area contributed by atoms with Gasteiger partial charge in [0, 0.05) is 6.42 Å². The van der Waals surface area contributed by atoms with Crippen molar-refractivity contribution in [1.29, 1.82) is 0 Å². The van der Waals surface area contributed by atoms with E-state index in [1.54, 1.807) is 31.2 Å². The van der Waals surface area contributed by atoms with E-state index in [2.05, 4.69) is 0 Å². The molecular weight excluding hydrogens is 240 g/mol. The van der Waals surface area contributed by atoms with Gasteiger partial charge in [-0.3, -0.25) is 0 Å². The fourth-order valence-electron chi connectivity index (χ4n) is 1.94. The number of fused-ring (bicyclic) bond motifs is 1. The zero-order chi connectivity index (χ0) is 12.6. The van der Waals surface area contributed by atoms with E-state index in [1.807, 2.05) is 0 Å². The van der Waals surface area contributed by atoms with E-state index >= 15 is 0 Å². The first-order chi connectivity index (χ1) is 7.96. The molecule has 0 aromatic heterocycles. The standard InChI is InChI=1S/C12H14O4S/c1-8(13)6-10-7-9-4-3-5-11(16-2)12(9)17(10,14)15/h3-5,7-8,13H,6H2,1-2H3. The molecule has 0 amide bonds. The Labute approximate surface area is 100 Å². The lowest BCUT2D eigenvalue weighted by Crippen LogP contribution is -2.08. The van der Waals surface area contributed by atoms with Gasteiger partial charge in [-0.1, -0.05) is 12.1 Å². The zero-order valence-corrected chi connectivity index (χ0v) is 10.5. The summed E-state index contributed by atoms with van der Waals surface area (Å²) in [4.78, 5) is 0.449. The van der Waals surface area contributed by atoms with Gasteiger partial charge in [-0.25, -0.2) is 8.42 Å². The summed E-state index contributed by atoms with van der Waals surface area (Å²) in [7, 11) is -2.07. The van der Waals surface area contributed by atoms with Gasteiger partial charge in [0.15, 0.2) is 0 Å². The van der Waals surface area contributed by atoms with Crippen molar-refractivity contribution in [3.05, 3.63) is 28.7 Å². The number of ether oxygens (including phenoxy) is 1. The molecule has 1 aromatic carbocycles. The first-order valence-corrected chi connectivity index (χ1v) is 6.76. The van der Waals surface area contributed by atoms with Crippen molar-refractivity contribution in [2.24, 2.45) is 0 Å². The van der Waals surface area contributed by atoms with Gasteiger partial charge in [0.05, 0.1) is 18.1 Å². The van der Waals surface area contributed by atoms with Crippen LogP contribution in [-0.4, -0.2) is 26.7 Å². The molecule has 1 N–H and O–H groups in total. The van der Waals surface area contributed by atoms with E-state index < -0.39 is 15.9 Å². The second kappa shape index (κ2) is 4.16. The summed E-state index contributed by atoms with van der Waals surface area (Å²) in [6.07, 6.45) is 1.04. The molecule has 1 unspecified atom stereocenters. The van der Waals surface area contributed by atoms with Crippen LogP contribution in [0.1, 0.15) is 18.9 Å². The van der Waals surface area contributed by atoms with Gasteiger partial charge in [-0.2, -0.15) is 0 Å². The summed E-state index contributed by atoms with van der Waals surface area (Å²) in [6.45, 7) is 1.57. The third-order valence-electron chi connectivity index (χ3n) is 2.66. The molecule has 0 bridgehead atoms. The normalized spacial score (nSPS) is 18.4. The van der Waals surface area contributed by atoms with Crippen molar-refractivity contribution in [2.75, 3.05) is 7.11 Å². The molecule has 1 aliphatic heterocycles. The molecule has 1 aromatic rings. The molecule has 92 valence electrons. The highest BCUT2D eigenvalue weighted by molar-refractivity contribution is 7.96. The minimum atomic E-state index is -3.51. The smallest absolute Gasteiger partial charge is 0.207 e. The minimum absolute atomic E-state index is 0.125. The number of rotatable bonds is 3. The molecular formula is C12H14O4S. The van der Waals surface area contributed by atoms with Gasteiger partial charge in [0.25, 0.3) is 0 Å². The number of hydrogen-bond donors (Lipinski definition) is 1. The largest absolute Gasteiger partial charge is 0.495 e. The molecule has 0 saturated carbocycles. The lowest BCUT2D eigenvalue weighted by molar-refractivity contribution is 0.197. The molecule has 0 aliphatic carbocycles. The van der Waals surface area contributed by atoms with Crippen molar-refractivity contribution in [3.8, 4) is 5.75 Å². The van der Waals surface area contributed by atoms with E-state index in [0.29, 0.717) is 11.3 Å². The fraction of sp³-hybridized carbons (Fsp3) is 0.333. The average Bonchev–Trinajstić information content (AvgIpc) is 2.50. The molecule has 5 heteroatoms. The number of aliphatic hydroxyl groups is 1. The third-order valence-corrected chi connectivity index (χ3v) is 4.61. The quantitative estimate of drug-likeness (QED) is 0.889. The van der Waals surface area contributed by atoms with Gasteiger partial charge in [-0.05, 0) is 24.6 Å². The molecule has 0 radical (unpaired) electrons. The monoisotopic (exact) mass is 254 g/mol. The first kappa shape index (κ1) is 12.1. The lowest BCUT2D eigenvalue weighted by atomic mass is 10.1. The van der Waals surface area contributed by atoms with E-state index in [9.17, 15) is 13.5 Å². The van der Waals surface area contributed by atoms with E-state index in [4.69, 9.17) is 4.74 Å². The molecule has 1 atom stereocenters. The topological polar surface area (TPSA) is 63.6 Å². The average molecular weight is 254 g/mol. The van der Waals surface area contributed by atoms with Crippen LogP contribution in [-0.2, 0) is 9.84 Å². The van der Waals surface area contributed by atoms with Crippen LogP contribution in [0.3, 0.4) is 0 Å². The Morgan fingerprint density at radius 2 is 2.12 bits per heavy atom. The van der Waals surface area contributed by atoms with Crippen LogP contribution in [0.4, 0.5) is 0 Å². The van der Waals surface area contributed by atoms with E-state index in [0.717, 1.165) is 0 Å². The van der Waals surface area contributed by atoms with E-state index in [-0.39, 0.29) is 16.2 Å². The highest BCUT2D eigenvalue weighted by Crippen LogP contribution is 2.40.